The maximum absolute atomic E-state index is 12.3. The number of carboxylic acids is 1. The van der Waals surface area contributed by atoms with Crippen LogP contribution in [0, 0.1) is 0 Å². The molecule has 0 saturated carbocycles. The standard InChI is InChI=1S/C36H66O4/c1-3-5-6-7-8-9-10-11-12-13-14-15-16-17-18-19-23-26-29-33-36(39)40-34(30-4-2)31-27-24-21-20-22-25-28-32-35(37)38/h8-9,11-12,34H,3-7,10,13-33H2,1-2H3,(H,37,38)/b9-8-,12-11-. The molecule has 234 valence electrons. The summed E-state index contributed by atoms with van der Waals surface area (Å²) in [7, 11) is 0. The van der Waals surface area contributed by atoms with E-state index in [1.807, 2.05) is 0 Å². The van der Waals surface area contributed by atoms with Crippen molar-refractivity contribution in [3.05, 3.63) is 24.3 Å². The van der Waals surface area contributed by atoms with Gasteiger partial charge in [-0.1, -0.05) is 134 Å². The van der Waals surface area contributed by atoms with Gasteiger partial charge in [-0.05, 0) is 64.2 Å². The first-order valence-electron chi connectivity index (χ1n) is 17.3. The average Bonchev–Trinajstić information content (AvgIpc) is 2.93. The van der Waals surface area contributed by atoms with Crippen LogP contribution in [0.4, 0.5) is 0 Å². The van der Waals surface area contributed by atoms with Crippen LogP contribution in [0.2, 0.25) is 0 Å². The summed E-state index contributed by atoms with van der Waals surface area (Å²) in [6, 6.07) is 0. The summed E-state index contributed by atoms with van der Waals surface area (Å²) in [4.78, 5) is 22.9. The molecular weight excluding hydrogens is 496 g/mol. The number of ether oxygens (including phenoxy) is 1. The summed E-state index contributed by atoms with van der Waals surface area (Å²) in [6.45, 7) is 4.41. The van der Waals surface area contributed by atoms with E-state index in [0.717, 1.165) is 64.2 Å². The Balaban J connectivity index is 3.54. The Bertz CT molecular complexity index is 610. The quantitative estimate of drug-likeness (QED) is 0.0518. The second-order valence-electron chi connectivity index (χ2n) is 11.7. The second kappa shape index (κ2) is 31.9. The first-order chi connectivity index (χ1) is 19.6. The van der Waals surface area contributed by atoms with Gasteiger partial charge in [0.1, 0.15) is 6.10 Å². The Labute approximate surface area is 248 Å². The summed E-state index contributed by atoms with van der Waals surface area (Å²) < 4.78 is 5.81. The minimum Gasteiger partial charge on any atom is -0.481 e. The van der Waals surface area contributed by atoms with E-state index >= 15 is 0 Å². The van der Waals surface area contributed by atoms with Crippen molar-refractivity contribution < 1.29 is 19.4 Å². The van der Waals surface area contributed by atoms with Gasteiger partial charge in [0.05, 0.1) is 0 Å². The van der Waals surface area contributed by atoms with E-state index in [4.69, 9.17) is 9.84 Å². The lowest BCUT2D eigenvalue weighted by atomic mass is 10.0. The number of allylic oxidation sites excluding steroid dienone is 4. The number of hydrogen-bond acceptors (Lipinski definition) is 3. The molecule has 0 bridgehead atoms. The Morgan fingerprint density at radius 1 is 0.550 bits per heavy atom. The molecule has 1 unspecified atom stereocenters. The van der Waals surface area contributed by atoms with Gasteiger partial charge in [-0.15, -0.1) is 0 Å². The number of unbranched alkanes of at least 4 members (excludes halogenated alkanes) is 18. The van der Waals surface area contributed by atoms with Crippen LogP contribution in [-0.4, -0.2) is 23.1 Å². The first-order valence-corrected chi connectivity index (χ1v) is 17.3. The normalized spacial score (nSPS) is 12.4. The molecule has 1 atom stereocenters. The van der Waals surface area contributed by atoms with Crippen molar-refractivity contribution in [3.63, 3.8) is 0 Å². The third-order valence-corrected chi connectivity index (χ3v) is 7.66. The maximum Gasteiger partial charge on any atom is 0.306 e. The topological polar surface area (TPSA) is 63.6 Å². The molecule has 0 radical (unpaired) electrons. The average molecular weight is 563 g/mol. The monoisotopic (exact) mass is 562 g/mol. The van der Waals surface area contributed by atoms with Gasteiger partial charge in [0, 0.05) is 12.8 Å². The van der Waals surface area contributed by atoms with Crippen LogP contribution in [-0.2, 0) is 14.3 Å². The minimum atomic E-state index is -0.691. The smallest absolute Gasteiger partial charge is 0.306 e. The molecule has 0 aromatic heterocycles. The van der Waals surface area contributed by atoms with Gasteiger partial charge in [-0.2, -0.15) is 0 Å². The predicted octanol–water partition coefficient (Wildman–Crippen LogP) is 11.7. The Morgan fingerprint density at radius 2 is 1.02 bits per heavy atom. The van der Waals surface area contributed by atoms with Gasteiger partial charge in [0.25, 0.3) is 0 Å². The number of carboxylic acid groups (broad SMARTS) is 1. The van der Waals surface area contributed by atoms with E-state index in [-0.39, 0.29) is 12.1 Å². The van der Waals surface area contributed by atoms with Gasteiger partial charge in [0.2, 0.25) is 0 Å². The fourth-order valence-corrected chi connectivity index (χ4v) is 5.15. The molecule has 0 saturated heterocycles. The number of hydrogen-bond donors (Lipinski definition) is 1. The van der Waals surface area contributed by atoms with Crippen molar-refractivity contribution in [2.75, 3.05) is 0 Å². The van der Waals surface area contributed by atoms with Gasteiger partial charge in [-0.3, -0.25) is 9.59 Å². The van der Waals surface area contributed by atoms with Gasteiger partial charge >= 0.3 is 11.9 Å². The zero-order valence-electron chi connectivity index (χ0n) is 26.7. The highest BCUT2D eigenvalue weighted by Crippen LogP contribution is 2.17. The van der Waals surface area contributed by atoms with Crippen LogP contribution in [0.1, 0.15) is 187 Å². The molecule has 0 aromatic rings. The Hall–Kier alpha value is -1.58. The molecule has 1 N–H and O–H groups in total. The molecular formula is C36H66O4. The van der Waals surface area contributed by atoms with E-state index in [0.29, 0.717) is 12.8 Å². The lowest BCUT2D eigenvalue weighted by molar-refractivity contribution is -0.150. The third-order valence-electron chi connectivity index (χ3n) is 7.66. The SMILES string of the molecule is CCCCC/C=C\C/C=C\CCCCCCCCCCCC(=O)OC(CCC)CCCCCCCCCC(=O)O. The highest BCUT2D eigenvalue weighted by atomic mass is 16.5. The van der Waals surface area contributed by atoms with Crippen LogP contribution in [0.5, 0.6) is 0 Å². The molecule has 4 heteroatoms. The zero-order valence-corrected chi connectivity index (χ0v) is 26.7. The molecule has 0 aliphatic heterocycles. The van der Waals surface area contributed by atoms with E-state index in [1.54, 1.807) is 0 Å². The van der Waals surface area contributed by atoms with E-state index < -0.39 is 5.97 Å². The summed E-state index contributed by atoms with van der Waals surface area (Å²) in [5, 5.41) is 8.67. The fourth-order valence-electron chi connectivity index (χ4n) is 5.15. The van der Waals surface area contributed by atoms with Crippen molar-refractivity contribution in [2.24, 2.45) is 0 Å². The largest absolute Gasteiger partial charge is 0.481 e. The molecule has 0 aliphatic carbocycles. The summed E-state index contributed by atoms with van der Waals surface area (Å²) in [6.07, 6.45) is 39.6. The van der Waals surface area contributed by atoms with Crippen molar-refractivity contribution in [3.8, 4) is 0 Å². The Morgan fingerprint density at radius 3 is 1.55 bits per heavy atom. The molecule has 0 aliphatic rings. The molecule has 0 heterocycles. The van der Waals surface area contributed by atoms with Gasteiger partial charge in [-0.25, -0.2) is 0 Å². The van der Waals surface area contributed by atoms with Crippen molar-refractivity contribution in [1.29, 1.82) is 0 Å². The van der Waals surface area contributed by atoms with Crippen molar-refractivity contribution in [2.45, 2.75) is 193 Å². The minimum absolute atomic E-state index is 0.00562. The Kier molecular flexibility index (Phi) is 30.7. The predicted molar refractivity (Wildman–Crippen MR) is 172 cm³/mol. The van der Waals surface area contributed by atoms with Crippen molar-refractivity contribution >= 4 is 11.9 Å². The molecule has 0 amide bonds. The highest BCUT2D eigenvalue weighted by molar-refractivity contribution is 5.69. The molecule has 0 spiro atoms. The number of rotatable bonds is 31. The van der Waals surface area contributed by atoms with Crippen LogP contribution < -0.4 is 0 Å². The molecule has 40 heavy (non-hydrogen) atoms. The summed E-state index contributed by atoms with van der Waals surface area (Å²) >= 11 is 0. The van der Waals surface area contributed by atoms with Crippen molar-refractivity contribution in [1.82, 2.24) is 0 Å². The number of esters is 1. The molecule has 0 rings (SSSR count). The van der Waals surface area contributed by atoms with Crippen LogP contribution >= 0.6 is 0 Å². The number of aliphatic carboxylic acids is 1. The third kappa shape index (κ3) is 31.0. The second-order valence-corrected chi connectivity index (χ2v) is 11.7. The number of carbonyl (C=O) groups excluding carboxylic acids is 1. The molecule has 0 fully saturated rings. The van der Waals surface area contributed by atoms with E-state index in [1.165, 1.54) is 96.3 Å². The molecule has 0 aromatic carbocycles. The van der Waals surface area contributed by atoms with Gasteiger partial charge < -0.3 is 9.84 Å². The van der Waals surface area contributed by atoms with Crippen LogP contribution in [0.3, 0.4) is 0 Å². The van der Waals surface area contributed by atoms with Gasteiger partial charge in [0.15, 0.2) is 0 Å². The summed E-state index contributed by atoms with van der Waals surface area (Å²) in [5.74, 6) is -0.696. The van der Waals surface area contributed by atoms with E-state index in [9.17, 15) is 9.59 Å². The van der Waals surface area contributed by atoms with Crippen LogP contribution in [0.15, 0.2) is 24.3 Å². The lowest BCUT2D eigenvalue weighted by Gasteiger charge is -2.17. The summed E-state index contributed by atoms with van der Waals surface area (Å²) in [5.41, 5.74) is 0. The lowest BCUT2D eigenvalue weighted by Crippen LogP contribution is -2.18. The van der Waals surface area contributed by atoms with Crippen LogP contribution in [0.25, 0.3) is 0 Å². The fraction of sp³-hybridized carbons (Fsp3) is 0.833. The number of carbonyl (C=O) groups is 2. The van der Waals surface area contributed by atoms with E-state index in [2.05, 4.69) is 38.2 Å². The molecule has 4 nitrogen and oxygen atoms in total. The highest BCUT2D eigenvalue weighted by Gasteiger charge is 2.13. The maximum atomic E-state index is 12.3. The first kappa shape index (κ1) is 38.4. The zero-order chi connectivity index (χ0) is 29.4.